The van der Waals surface area contributed by atoms with Gasteiger partial charge >= 0.3 is 0 Å². The predicted molar refractivity (Wildman–Crippen MR) is 179 cm³/mol. The van der Waals surface area contributed by atoms with Crippen LogP contribution in [0, 0.1) is 0 Å². The minimum absolute atomic E-state index is 0.0309. The summed E-state index contributed by atoms with van der Waals surface area (Å²) in [4.78, 5) is 27.4. The Morgan fingerprint density at radius 3 is 1.74 bits per heavy atom. The van der Waals surface area contributed by atoms with Gasteiger partial charge in [0.1, 0.15) is 0 Å². The Balaban J connectivity index is 1.28. The van der Waals surface area contributed by atoms with Gasteiger partial charge < -0.3 is 0 Å². The molecule has 0 N–H and O–H groups in total. The summed E-state index contributed by atoms with van der Waals surface area (Å²) in [6.07, 6.45) is 24.1. The molecule has 0 amide bonds. The number of ketones is 2. The standard InChI is InChI=1S/C40H50O2/c1-3-5-7-9-11-13-15-17-29-19-21-31-25-33-27-38-37(28-34(33)26-32(31)23-29)39(41)35-22-20-30(24-36(35)40(38)42)18-16-14-12-10-8-6-4-2/h19,21,23-28H,3-18,20,22H2,1-2H3. The minimum atomic E-state index is 0.0309. The second-order valence-corrected chi connectivity index (χ2v) is 12.9. The molecule has 0 saturated carbocycles. The highest BCUT2D eigenvalue weighted by molar-refractivity contribution is 6.29. The number of aryl methyl sites for hydroxylation is 1. The molecule has 222 valence electrons. The molecule has 2 aliphatic rings. The molecule has 2 heteroatoms. The summed E-state index contributed by atoms with van der Waals surface area (Å²) in [5.74, 6) is 0.0870. The molecule has 0 bridgehead atoms. The number of benzene rings is 3. The fourth-order valence-electron chi connectivity index (χ4n) is 6.95. The molecule has 0 fully saturated rings. The maximum atomic E-state index is 13.7. The lowest BCUT2D eigenvalue weighted by Crippen LogP contribution is -2.23. The number of carbonyl (C=O) groups is 2. The molecule has 0 heterocycles. The molecule has 2 aliphatic carbocycles. The molecule has 0 saturated heterocycles. The van der Waals surface area contributed by atoms with Crippen LogP contribution >= 0.6 is 0 Å². The molecule has 0 unspecified atom stereocenters. The number of rotatable bonds is 16. The molecular formula is C40H50O2. The van der Waals surface area contributed by atoms with Gasteiger partial charge in [-0.05, 0) is 89.9 Å². The first-order valence-electron chi connectivity index (χ1n) is 17.1. The van der Waals surface area contributed by atoms with Gasteiger partial charge in [-0.1, -0.05) is 121 Å². The van der Waals surface area contributed by atoms with Gasteiger partial charge in [0.25, 0.3) is 0 Å². The van der Waals surface area contributed by atoms with E-state index in [2.05, 4.69) is 50.3 Å². The van der Waals surface area contributed by atoms with E-state index >= 15 is 0 Å². The van der Waals surface area contributed by atoms with E-state index in [1.54, 1.807) is 0 Å². The van der Waals surface area contributed by atoms with Gasteiger partial charge in [-0.15, -0.1) is 0 Å². The van der Waals surface area contributed by atoms with Crippen molar-refractivity contribution in [3.05, 3.63) is 82.0 Å². The van der Waals surface area contributed by atoms with Crippen LogP contribution < -0.4 is 0 Å². The second kappa shape index (κ2) is 14.9. The first-order valence-corrected chi connectivity index (χ1v) is 17.1. The Bertz CT molecular complexity index is 1480. The van der Waals surface area contributed by atoms with Crippen molar-refractivity contribution in [2.45, 2.75) is 129 Å². The van der Waals surface area contributed by atoms with Crippen LogP contribution in [0.5, 0.6) is 0 Å². The Kier molecular flexibility index (Phi) is 10.8. The maximum absolute atomic E-state index is 13.7. The third kappa shape index (κ3) is 7.31. The fraction of sp³-hybridized carbons (Fsp3) is 0.500. The summed E-state index contributed by atoms with van der Waals surface area (Å²) in [5.41, 5.74) is 5.28. The van der Waals surface area contributed by atoms with Gasteiger partial charge in [-0.3, -0.25) is 9.59 Å². The summed E-state index contributed by atoms with van der Waals surface area (Å²) in [7, 11) is 0. The summed E-state index contributed by atoms with van der Waals surface area (Å²) in [5, 5.41) is 4.49. The van der Waals surface area contributed by atoms with Crippen LogP contribution in [0.4, 0.5) is 0 Å². The number of fused-ring (bicyclic) bond motifs is 3. The average molecular weight is 563 g/mol. The summed E-state index contributed by atoms with van der Waals surface area (Å²) in [6.45, 7) is 4.52. The number of hydrogen-bond acceptors (Lipinski definition) is 2. The zero-order valence-electron chi connectivity index (χ0n) is 26.2. The van der Waals surface area contributed by atoms with Crippen molar-refractivity contribution in [2.24, 2.45) is 0 Å². The summed E-state index contributed by atoms with van der Waals surface area (Å²) >= 11 is 0. The van der Waals surface area contributed by atoms with Crippen molar-refractivity contribution < 1.29 is 9.59 Å². The second-order valence-electron chi connectivity index (χ2n) is 12.9. The first-order chi connectivity index (χ1) is 20.6. The Morgan fingerprint density at radius 2 is 1.07 bits per heavy atom. The first kappa shape index (κ1) is 30.5. The molecule has 0 aliphatic heterocycles. The normalized spacial score (nSPS) is 15.0. The molecule has 3 aromatic rings. The molecule has 42 heavy (non-hydrogen) atoms. The van der Waals surface area contributed by atoms with E-state index in [0.717, 1.165) is 35.6 Å². The van der Waals surface area contributed by atoms with Crippen molar-refractivity contribution in [3.8, 4) is 0 Å². The zero-order valence-corrected chi connectivity index (χ0v) is 26.2. The number of allylic oxidation sites excluding steroid dienone is 4. The van der Waals surface area contributed by atoms with Gasteiger partial charge in [-0.25, -0.2) is 0 Å². The van der Waals surface area contributed by atoms with Crippen LogP contribution in [0.25, 0.3) is 21.5 Å². The van der Waals surface area contributed by atoms with Crippen LogP contribution in [0.3, 0.4) is 0 Å². The van der Waals surface area contributed by atoms with Crippen molar-refractivity contribution in [1.82, 2.24) is 0 Å². The number of hydrogen-bond donors (Lipinski definition) is 0. The van der Waals surface area contributed by atoms with Crippen LogP contribution in [0.1, 0.15) is 149 Å². The minimum Gasteiger partial charge on any atom is -0.289 e. The predicted octanol–water partition coefficient (Wildman–Crippen LogP) is 11.8. The lowest BCUT2D eigenvalue weighted by molar-refractivity contribution is 0.0974. The largest absolute Gasteiger partial charge is 0.289 e. The fourth-order valence-corrected chi connectivity index (χ4v) is 6.95. The van der Waals surface area contributed by atoms with Crippen molar-refractivity contribution in [3.63, 3.8) is 0 Å². The summed E-state index contributed by atoms with van der Waals surface area (Å²) < 4.78 is 0. The van der Waals surface area contributed by atoms with E-state index in [9.17, 15) is 9.59 Å². The summed E-state index contributed by atoms with van der Waals surface area (Å²) in [6, 6.07) is 15.1. The number of carbonyl (C=O) groups excluding carboxylic acids is 2. The molecule has 2 nitrogen and oxygen atoms in total. The molecular weight excluding hydrogens is 512 g/mol. The van der Waals surface area contributed by atoms with Crippen molar-refractivity contribution >= 4 is 33.1 Å². The smallest absolute Gasteiger partial charge is 0.194 e. The highest BCUT2D eigenvalue weighted by atomic mass is 16.1. The molecule has 0 radical (unpaired) electrons. The molecule has 0 aromatic heterocycles. The van der Waals surface area contributed by atoms with E-state index in [4.69, 9.17) is 0 Å². The Labute approximate surface area is 253 Å². The van der Waals surface area contributed by atoms with Gasteiger partial charge in [0, 0.05) is 22.3 Å². The van der Waals surface area contributed by atoms with Crippen LogP contribution in [-0.4, -0.2) is 11.6 Å². The van der Waals surface area contributed by atoms with E-state index in [0.29, 0.717) is 23.1 Å². The van der Waals surface area contributed by atoms with Crippen LogP contribution in [0.15, 0.2) is 65.3 Å². The van der Waals surface area contributed by atoms with Gasteiger partial charge in [0.05, 0.1) is 0 Å². The SMILES string of the molecule is CCCCCCCCCC1=CC2=C(CC1)C(=O)c1cc3cc4cc(CCCCCCCCC)ccc4cc3cc1C2=O. The van der Waals surface area contributed by atoms with E-state index in [1.807, 2.05) is 12.1 Å². The van der Waals surface area contributed by atoms with E-state index in [-0.39, 0.29) is 11.6 Å². The highest BCUT2D eigenvalue weighted by Gasteiger charge is 2.33. The van der Waals surface area contributed by atoms with Gasteiger partial charge in [0.2, 0.25) is 0 Å². The van der Waals surface area contributed by atoms with Crippen molar-refractivity contribution in [2.75, 3.05) is 0 Å². The molecule has 0 atom stereocenters. The molecule has 0 spiro atoms. The average Bonchev–Trinajstić information content (AvgIpc) is 3.01. The quantitative estimate of drug-likeness (QED) is 0.128. The monoisotopic (exact) mass is 562 g/mol. The molecule has 5 rings (SSSR count). The van der Waals surface area contributed by atoms with Crippen molar-refractivity contribution in [1.29, 1.82) is 0 Å². The lowest BCUT2D eigenvalue weighted by Gasteiger charge is -2.24. The Morgan fingerprint density at radius 1 is 0.524 bits per heavy atom. The topological polar surface area (TPSA) is 34.1 Å². The van der Waals surface area contributed by atoms with Gasteiger partial charge in [0.15, 0.2) is 11.6 Å². The highest BCUT2D eigenvalue weighted by Crippen LogP contribution is 2.38. The Hall–Kier alpha value is -3.00. The van der Waals surface area contributed by atoms with Crippen LogP contribution in [0.2, 0.25) is 0 Å². The molecule has 3 aromatic carbocycles. The van der Waals surface area contributed by atoms with Gasteiger partial charge in [-0.2, -0.15) is 0 Å². The maximum Gasteiger partial charge on any atom is 0.194 e. The third-order valence-corrected chi connectivity index (χ3v) is 9.54. The lowest BCUT2D eigenvalue weighted by atomic mass is 9.77. The number of Topliss-reactive ketones (excluding diaryl/α,β-unsaturated/α-hetero) is 2. The zero-order chi connectivity index (χ0) is 29.3. The van der Waals surface area contributed by atoms with E-state index < -0.39 is 0 Å². The van der Waals surface area contributed by atoms with Crippen LogP contribution in [-0.2, 0) is 6.42 Å². The van der Waals surface area contributed by atoms with E-state index in [1.165, 1.54) is 112 Å². The third-order valence-electron chi connectivity index (χ3n) is 9.54. The number of unbranched alkanes of at least 4 members (excludes halogenated alkanes) is 12.